The van der Waals surface area contributed by atoms with E-state index >= 15 is 0 Å². The minimum atomic E-state index is -4.42. The minimum absolute atomic E-state index is 0.360. The Labute approximate surface area is 129 Å². The molecule has 1 aliphatic heterocycles. The van der Waals surface area contributed by atoms with E-state index in [1.54, 1.807) is 0 Å². The van der Waals surface area contributed by atoms with Gasteiger partial charge in [0.1, 0.15) is 11.9 Å². The number of amides is 1. The molecule has 0 saturated carbocycles. The second kappa shape index (κ2) is 5.34. The first-order valence-corrected chi connectivity index (χ1v) is 6.80. The lowest BCUT2D eigenvalue weighted by Crippen LogP contribution is -2.63. The number of halogens is 4. The number of rotatable bonds is 2. The van der Waals surface area contributed by atoms with E-state index in [0.717, 1.165) is 12.1 Å². The van der Waals surface area contributed by atoms with Gasteiger partial charge in [0.15, 0.2) is 0 Å². The Morgan fingerprint density at radius 3 is 2.04 bits per heavy atom. The quantitative estimate of drug-likeness (QED) is 0.681. The second-order valence-corrected chi connectivity index (χ2v) is 5.28. The molecule has 7 heteroatoms. The second-order valence-electron chi connectivity index (χ2n) is 5.28. The molecular weight excluding hydrogens is 312 g/mol. The third-order valence-electron chi connectivity index (χ3n) is 3.83. The van der Waals surface area contributed by atoms with Crippen molar-refractivity contribution in [3.63, 3.8) is 0 Å². The fourth-order valence-electron chi connectivity index (χ4n) is 2.63. The summed E-state index contributed by atoms with van der Waals surface area (Å²) in [5, 5.41) is 0. The van der Waals surface area contributed by atoms with Crippen molar-refractivity contribution >= 4 is 11.6 Å². The Bertz CT molecular complexity index is 725. The van der Waals surface area contributed by atoms with Gasteiger partial charge >= 0.3 is 6.18 Å². The van der Waals surface area contributed by atoms with Crippen LogP contribution in [-0.2, 0) is 11.0 Å². The van der Waals surface area contributed by atoms with Gasteiger partial charge in [0.2, 0.25) is 5.91 Å². The number of hydrogen-bond donors (Lipinski definition) is 1. The number of nitrogens with two attached hydrogens (primary N) is 1. The highest BCUT2D eigenvalue weighted by molar-refractivity contribution is 6.05. The molecule has 1 saturated heterocycles. The predicted octanol–water partition coefficient (Wildman–Crippen LogP) is 3.26. The number of β-lactam (4-membered cyclic amide) rings is 1. The summed E-state index contributed by atoms with van der Waals surface area (Å²) in [5.74, 6) is -0.807. The summed E-state index contributed by atoms with van der Waals surface area (Å²) in [7, 11) is 0. The SMILES string of the molecule is NC1C(=O)N(c2ccc(F)cc2)C1c1ccc(C(F)(F)F)cc1. The van der Waals surface area contributed by atoms with E-state index in [2.05, 4.69) is 0 Å². The predicted molar refractivity (Wildman–Crippen MR) is 76.0 cm³/mol. The molecule has 1 fully saturated rings. The van der Waals surface area contributed by atoms with Crippen molar-refractivity contribution in [2.75, 3.05) is 4.90 Å². The molecule has 3 rings (SSSR count). The molecule has 2 atom stereocenters. The third-order valence-corrected chi connectivity index (χ3v) is 3.83. The van der Waals surface area contributed by atoms with E-state index < -0.39 is 29.6 Å². The molecule has 0 aliphatic carbocycles. The average Bonchev–Trinajstić information content (AvgIpc) is 2.52. The van der Waals surface area contributed by atoms with E-state index in [4.69, 9.17) is 5.73 Å². The monoisotopic (exact) mass is 324 g/mol. The van der Waals surface area contributed by atoms with Crippen LogP contribution in [-0.4, -0.2) is 11.9 Å². The minimum Gasteiger partial charge on any atom is -0.318 e. The van der Waals surface area contributed by atoms with Gasteiger partial charge in [-0.2, -0.15) is 13.2 Å². The van der Waals surface area contributed by atoms with Crippen molar-refractivity contribution in [3.05, 3.63) is 65.5 Å². The summed E-state index contributed by atoms with van der Waals surface area (Å²) >= 11 is 0. The van der Waals surface area contributed by atoms with Crippen LogP contribution in [0.1, 0.15) is 17.2 Å². The van der Waals surface area contributed by atoms with Crippen molar-refractivity contribution in [2.24, 2.45) is 5.73 Å². The van der Waals surface area contributed by atoms with Crippen molar-refractivity contribution in [1.82, 2.24) is 0 Å². The lowest BCUT2D eigenvalue weighted by atomic mass is 9.88. The molecule has 120 valence electrons. The van der Waals surface area contributed by atoms with Gasteiger partial charge in [0.25, 0.3) is 0 Å². The van der Waals surface area contributed by atoms with Crippen molar-refractivity contribution < 1.29 is 22.4 Å². The van der Waals surface area contributed by atoms with Crippen LogP contribution in [0.2, 0.25) is 0 Å². The maximum atomic E-state index is 13.0. The lowest BCUT2D eigenvalue weighted by Gasteiger charge is -2.45. The molecule has 1 heterocycles. The largest absolute Gasteiger partial charge is 0.416 e. The molecule has 2 aromatic rings. The summed E-state index contributed by atoms with van der Waals surface area (Å²) in [5.41, 5.74) is 5.96. The fraction of sp³-hybridized carbons (Fsp3) is 0.188. The number of anilines is 1. The number of benzene rings is 2. The first kappa shape index (κ1) is 15.5. The van der Waals surface area contributed by atoms with Crippen LogP contribution in [0.25, 0.3) is 0 Å². The number of alkyl halides is 3. The van der Waals surface area contributed by atoms with Crippen LogP contribution in [0.15, 0.2) is 48.5 Å². The molecule has 1 aliphatic rings. The van der Waals surface area contributed by atoms with Crippen LogP contribution in [0.5, 0.6) is 0 Å². The standard InChI is InChI=1S/C16H12F4N2O/c17-11-5-7-12(8-6-11)22-14(13(21)15(22)23)9-1-3-10(4-2-9)16(18,19)20/h1-8,13-14H,21H2. The van der Waals surface area contributed by atoms with Gasteiger partial charge in [-0.3, -0.25) is 4.79 Å². The maximum Gasteiger partial charge on any atom is 0.416 e. The van der Waals surface area contributed by atoms with Crippen LogP contribution in [0, 0.1) is 5.82 Å². The smallest absolute Gasteiger partial charge is 0.318 e. The Hall–Kier alpha value is -2.41. The molecule has 1 amide bonds. The van der Waals surface area contributed by atoms with Crippen LogP contribution >= 0.6 is 0 Å². The van der Waals surface area contributed by atoms with Crippen LogP contribution in [0.4, 0.5) is 23.2 Å². The summed E-state index contributed by atoms with van der Waals surface area (Å²) in [6.45, 7) is 0. The van der Waals surface area contributed by atoms with Crippen molar-refractivity contribution in [3.8, 4) is 0 Å². The highest BCUT2D eigenvalue weighted by atomic mass is 19.4. The van der Waals surface area contributed by atoms with Gasteiger partial charge in [-0.25, -0.2) is 4.39 Å². The first-order valence-electron chi connectivity index (χ1n) is 6.80. The van der Waals surface area contributed by atoms with Gasteiger partial charge in [-0.05, 0) is 42.0 Å². The zero-order valence-corrected chi connectivity index (χ0v) is 11.7. The molecule has 0 aromatic heterocycles. The molecule has 0 bridgehead atoms. The summed E-state index contributed by atoms with van der Waals surface area (Å²) in [6, 6.07) is 8.36. The van der Waals surface area contributed by atoms with E-state index in [1.807, 2.05) is 0 Å². The molecule has 2 unspecified atom stereocenters. The molecule has 3 nitrogen and oxygen atoms in total. The van der Waals surface area contributed by atoms with E-state index in [0.29, 0.717) is 11.3 Å². The number of hydrogen-bond acceptors (Lipinski definition) is 2. The molecular formula is C16H12F4N2O. The Balaban J connectivity index is 1.91. The number of carbonyl (C=O) groups is 1. The average molecular weight is 324 g/mol. The Morgan fingerprint density at radius 1 is 0.957 bits per heavy atom. The van der Waals surface area contributed by atoms with Gasteiger partial charge in [-0.1, -0.05) is 12.1 Å². The van der Waals surface area contributed by atoms with Gasteiger partial charge in [-0.15, -0.1) is 0 Å². The molecule has 23 heavy (non-hydrogen) atoms. The zero-order chi connectivity index (χ0) is 16.8. The van der Waals surface area contributed by atoms with Gasteiger partial charge in [0.05, 0.1) is 11.6 Å². The van der Waals surface area contributed by atoms with E-state index in [1.165, 1.54) is 41.3 Å². The van der Waals surface area contributed by atoms with E-state index in [-0.39, 0.29) is 5.91 Å². The number of nitrogens with zero attached hydrogens (tertiary/aromatic N) is 1. The highest BCUT2D eigenvalue weighted by Crippen LogP contribution is 2.39. The molecule has 0 radical (unpaired) electrons. The van der Waals surface area contributed by atoms with E-state index in [9.17, 15) is 22.4 Å². The fourth-order valence-corrected chi connectivity index (χ4v) is 2.63. The highest BCUT2D eigenvalue weighted by Gasteiger charge is 2.46. The molecule has 0 spiro atoms. The van der Waals surface area contributed by atoms with Crippen molar-refractivity contribution in [1.29, 1.82) is 0 Å². The van der Waals surface area contributed by atoms with Crippen LogP contribution in [0.3, 0.4) is 0 Å². The third kappa shape index (κ3) is 2.68. The Morgan fingerprint density at radius 2 is 1.52 bits per heavy atom. The maximum absolute atomic E-state index is 13.0. The first-order chi connectivity index (χ1) is 10.8. The molecule has 2 N–H and O–H groups in total. The number of carbonyl (C=O) groups excluding carboxylic acids is 1. The molecule has 2 aromatic carbocycles. The normalized spacial score (nSPS) is 21.3. The summed E-state index contributed by atoms with van der Waals surface area (Å²) in [6.07, 6.45) is -4.42. The lowest BCUT2D eigenvalue weighted by molar-refractivity contribution is -0.137. The van der Waals surface area contributed by atoms with Crippen molar-refractivity contribution in [2.45, 2.75) is 18.3 Å². The topological polar surface area (TPSA) is 46.3 Å². The summed E-state index contributed by atoms with van der Waals surface area (Å²) in [4.78, 5) is 13.3. The summed E-state index contributed by atoms with van der Waals surface area (Å²) < 4.78 is 50.8. The van der Waals surface area contributed by atoms with Gasteiger partial charge in [0, 0.05) is 5.69 Å². The Kier molecular flexibility index (Phi) is 3.60. The zero-order valence-electron chi connectivity index (χ0n) is 11.7. The van der Waals surface area contributed by atoms with Crippen LogP contribution < -0.4 is 10.6 Å². The van der Waals surface area contributed by atoms with Gasteiger partial charge < -0.3 is 10.6 Å².